The number of likely N-dealkylation sites (tertiary alicyclic amines) is 1. The van der Waals surface area contributed by atoms with Crippen molar-refractivity contribution in [2.45, 2.75) is 66.0 Å². The maximum Gasteiger partial charge on any atom is 0.407 e. The van der Waals surface area contributed by atoms with Crippen LogP contribution in [0.2, 0.25) is 0 Å². The second-order valence-electron chi connectivity index (χ2n) is 8.45. The van der Waals surface area contributed by atoms with Gasteiger partial charge in [-0.05, 0) is 58.0 Å². The fourth-order valence-electron chi connectivity index (χ4n) is 3.01. The SMILES string of the molecule is CC(C)(C)OC(=O)NCC(CN)N1CCC(C(C)(C)C)CC1. The normalized spacial score (nSPS) is 19.8. The first-order valence-corrected chi connectivity index (χ1v) is 8.44. The minimum absolute atomic E-state index is 0.188. The van der Waals surface area contributed by atoms with Crippen LogP contribution in [-0.2, 0) is 4.74 Å². The summed E-state index contributed by atoms with van der Waals surface area (Å²) < 4.78 is 5.27. The zero-order chi connectivity index (χ0) is 17.0. The number of nitrogens with zero attached hydrogens (tertiary/aromatic N) is 1. The van der Waals surface area contributed by atoms with Crippen molar-refractivity contribution in [1.29, 1.82) is 0 Å². The lowest BCUT2D eigenvalue weighted by atomic mass is 9.75. The molecular weight excluding hydrogens is 278 g/mol. The highest BCUT2D eigenvalue weighted by molar-refractivity contribution is 5.67. The van der Waals surface area contributed by atoms with Gasteiger partial charge in [0, 0.05) is 19.1 Å². The van der Waals surface area contributed by atoms with Crippen LogP contribution in [0, 0.1) is 11.3 Å². The number of piperidine rings is 1. The Kier molecular flexibility index (Phi) is 6.68. The van der Waals surface area contributed by atoms with E-state index in [4.69, 9.17) is 10.5 Å². The fraction of sp³-hybridized carbons (Fsp3) is 0.941. The van der Waals surface area contributed by atoms with Crippen molar-refractivity contribution < 1.29 is 9.53 Å². The van der Waals surface area contributed by atoms with Crippen LogP contribution in [0.1, 0.15) is 54.4 Å². The number of carbonyl (C=O) groups is 1. The van der Waals surface area contributed by atoms with Crippen molar-refractivity contribution in [2.24, 2.45) is 17.1 Å². The van der Waals surface area contributed by atoms with Gasteiger partial charge in [-0.2, -0.15) is 0 Å². The zero-order valence-electron chi connectivity index (χ0n) is 15.2. The van der Waals surface area contributed by atoms with E-state index >= 15 is 0 Å². The molecule has 0 saturated carbocycles. The average molecular weight is 313 g/mol. The number of carbonyl (C=O) groups excluding carboxylic acids is 1. The Hall–Kier alpha value is -0.810. The summed E-state index contributed by atoms with van der Waals surface area (Å²) in [5.41, 5.74) is 5.81. The highest BCUT2D eigenvalue weighted by Gasteiger charge is 2.31. The topological polar surface area (TPSA) is 67.6 Å². The first-order valence-electron chi connectivity index (χ1n) is 8.44. The van der Waals surface area contributed by atoms with E-state index in [0.29, 0.717) is 18.5 Å². The van der Waals surface area contributed by atoms with Crippen molar-refractivity contribution in [3.63, 3.8) is 0 Å². The Balaban J connectivity index is 2.41. The Morgan fingerprint density at radius 2 is 1.77 bits per heavy atom. The molecule has 5 nitrogen and oxygen atoms in total. The molecule has 1 saturated heterocycles. The van der Waals surface area contributed by atoms with Crippen molar-refractivity contribution in [1.82, 2.24) is 10.2 Å². The molecular formula is C17H35N3O2. The summed E-state index contributed by atoms with van der Waals surface area (Å²) in [5, 5.41) is 2.85. The van der Waals surface area contributed by atoms with Crippen LogP contribution in [0.15, 0.2) is 0 Å². The highest BCUT2D eigenvalue weighted by Crippen LogP contribution is 2.34. The van der Waals surface area contributed by atoms with Crippen LogP contribution >= 0.6 is 0 Å². The number of hydrogen-bond acceptors (Lipinski definition) is 4. The number of amides is 1. The van der Waals surface area contributed by atoms with Crippen LogP contribution in [0.25, 0.3) is 0 Å². The molecule has 130 valence electrons. The van der Waals surface area contributed by atoms with E-state index in [9.17, 15) is 4.79 Å². The van der Waals surface area contributed by atoms with Crippen molar-refractivity contribution in [2.75, 3.05) is 26.2 Å². The molecule has 1 aliphatic rings. The Labute approximate surface area is 135 Å². The predicted molar refractivity (Wildman–Crippen MR) is 90.8 cm³/mol. The van der Waals surface area contributed by atoms with Gasteiger partial charge in [-0.3, -0.25) is 4.90 Å². The first-order chi connectivity index (χ1) is 10.0. The van der Waals surface area contributed by atoms with Gasteiger partial charge in [0.1, 0.15) is 5.60 Å². The summed E-state index contributed by atoms with van der Waals surface area (Å²) in [5.74, 6) is 0.765. The van der Waals surface area contributed by atoms with Gasteiger partial charge in [0.15, 0.2) is 0 Å². The maximum atomic E-state index is 11.8. The molecule has 1 heterocycles. The minimum atomic E-state index is -0.465. The van der Waals surface area contributed by atoms with E-state index < -0.39 is 5.60 Å². The summed E-state index contributed by atoms with van der Waals surface area (Å²) in [6.45, 7) is 15.8. The summed E-state index contributed by atoms with van der Waals surface area (Å²) in [4.78, 5) is 14.2. The third-order valence-electron chi connectivity index (χ3n) is 4.42. The molecule has 5 heteroatoms. The van der Waals surface area contributed by atoms with Crippen molar-refractivity contribution in [3.8, 4) is 0 Å². The van der Waals surface area contributed by atoms with E-state index in [-0.39, 0.29) is 12.1 Å². The van der Waals surface area contributed by atoms with Gasteiger partial charge < -0.3 is 15.8 Å². The largest absolute Gasteiger partial charge is 0.444 e. The average Bonchev–Trinajstić information content (AvgIpc) is 2.37. The van der Waals surface area contributed by atoms with Crippen LogP contribution in [0.3, 0.4) is 0 Å². The Morgan fingerprint density at radius 1 is 1.23 bits per heavy atom. The summed E-state index contributed by atoms with van der Waals surface area (Å²) in [6, 6.07) is 0.188. The Morgan fingerprint density at radius 3 is 2.18 bits per heavy atom. The number of alkyl carbamates (subject to hydrolysis) is 1. The molecule has 22 heavy (non-hydrogen) atoms. The third kappa shape index (κ3) is 6.53. The number of hydrogen-bond donors (Lipinski definition) is 2. The van der Waals surface area contributed by atoms with Crippen LogP contribution in [0.5, 0.6) is 0 Å². The summed E-state index contributed by atoms with van der Waals surface area (Å²) in [6.07, 6.45) is 2.04. The lowest BCUT2D eigenvalue weighted by molar-refractivity contribution is 0.0481. The molecule has 1 unspecified atom stereocenters. The molecule has 0 aliphatic carbocycles. The molecule has 1 aliphatic heterocycles. The van der Waals surface area contributed by atoms with Crippen molar-refractivity contribution >= 4 is 6.09 Å². The van der Waals surface area contributed by atoms with Gasteiger partial charge >= 0.3 is 6.09 Å². The molecule has 0 aromatic rings. The molecule has 1 rings (SSSR count). The van der Waals surface area contributed by atoms with Gasteiger partial charge in [-0.15, -0.1) is 0 Å². The van der Waals surface area contributed by atoms with Crippen molar-refractivity contribution in [3.05, 3.63) is 0 Å². The Bertz CT molecular complexity index is 350. The fourth-order valence-corrected chi connectivity index (χ4v) is 3.01. The van der Waals surface area contributed by atoms with Crippen LogP contribution in [0.4, 0.5) is 4.79 Å². The maximum absolute atomic E-state index is 11.8. The lowest BCUT2D eigenvalue weighted by Gasteiger charge is -2.41. The monoisotopic (exact) mass is 313 g/mol. The third-order valence-corrected chi connectivity index (χ3v) is 4.42. The van der Waals surface area contributed by atoms with E-state index in [2.05, 4.69) is 31.0 Å². The highest BCUT2D eigenvalue weighted by atomic mass is 16.6. The molecule has 0 bridgehead atoms. The minimum Gasteiger partial charge on any atom is -0.444 e. The second kappa shape index (κ2) is 7.64. The molecule has 3 N–H and O–H groups in total. The van der Waals surface area contributed by atoms with E-state index in [1.807, 2.05) is 20.8 Å². The first kappa shape index (κ1) is 19.2. The predicted octanol–water partition coefficient (Wildman–Crippen LogP) is 2.60. The number of nitrogens with one attached hydrogen (secondary N) is 1. The standard InChI is InChI=1S/C17H35N3O2/c1-16(2,3)13-7-9-20(10-8-13)14(11-18)12-19-15(21)22-17(4,5)6/h13-14H,7-12,18H2,1-6H3,(H,19,21). The molecule has 1 fully saturated rings. The van der Waals surface area contributed by atoms with Crippen LogP contribution < -0.4 is 11.1 Å². The lowest BCUT2D eigenvalue weighted by Crippen LogP contribution is -2.52. The van der Waals surface area contributed by atoms with E-state index in [1.54, 1.807) is 0 Å². The number of rotatable bonds is 4. The molecule has 0 radical (unpaired) electrons. The van der Waals surface area contributed by atoms with Gasteiger partial charge in [-0.25, -0.2) is 4.79 Å². The van der Waals surface area contributed by atoms with Gasteiger partial charge in [0.25, 0.3) is 0 Å². The van der Waals surface area contributed by atoms with Gasteiger partial charge in [0.2, 0.25) is 0 Å². The second-order valence-corrected chi connectivity index (χ2v) is 8.45. The zero-order valence-corrected chi connectivity index (χ0v) is 15.2. The van der Waals surface area contributed by atoms with E-state index in [0.717, 1.165) is 19.0 Å². The molecule has 0 aromatic heterocycles. The molecule has 0 aromatic carbocycles. The quantitative estimate of drug-likeness (QED) is 0.837. The smallest absolute Gasteiger partial charge is 0.407 e. The molecule has 1 amide bonds. The van der Waals surface area contributed by atoms with Gasteiger partial charge in [-0.1, -0.05) is 20.8 Å². The summed E-state index contributed by atoms with van der Waals surface area (Å²) in [7, 11) is 0. The summed E-state index contributed by atoms with van der Waals surface area (Å²) >= 11 is 0. The number of nitrogens with two attached hydrogens (primary N) is 1. The number of ether oxygens (including phenoxy) is 1. The van der Waals surface area contributed by atoms with Crippen LogP contribution in [-0.4, -0.2) is 48.8 Å². The van der Waals surface area contributed by atoms with Gasteiger partial charge in [0.05, 0.1) is 0 Å². The van der Waals surface area contributed by atoms with E-state index in [1.165, 1.54) is 12.8 Å². The molecule has 0 spiro atoms. The molecule has 1 atom stereocenters.